The van der Waals surface area contributed by atoms with E-state index in [2.05, 4.69) is 4.72 Å². The first-order chi connectivity index (χ1) is 6.56. The lowest BCUT2D eigenvalue weighted by atomic mass is 10.4. The number of nitrogens with one attached hydrogen (secondary N) is 1. The van der Waals surface area contributed by atoms with Crippen LogP contribution in [0.25, 0.3) is 0 Å². The quantitative estimate of drug-likeness (QED) is 0.865. The van der Waals surface area contributed by atoms with Crippen LogP contribution in [0.4, 0.5) is 0 Å². The van der Waals surface area contributed by atoms with E-state index in [-0.39, 0.29) is 4.90 Å². The fourth-order valence-corrected chi connectivity index (χ4v) is 2.39. The summed E-state index contributed by atoms with van der Waals surface area (Å²) in [4.78, 5) is 0.207. The van der Waals surface area contributed by atoms with Crippen molar-refractivity contribution in [1.82, 2.24) is 4.72 Å². The predicted octanol–water partition coefficient (Wildman–Crippen LogP) is 2.03. The van der Waals surface area contributed by atoms with E-state index < -0.39 is 10.0 Å². The highest BCUT2D eigenvalue weighted by Crippen LogP contribution is 2.14. The number of hydrogen-bond acceptors (Lipinski definition) is 2. The molecule has 0 aliphatic rings. The third-order valence-electron chi connectivity index (χ3n) is 1.65. The lowest BCUT2D eigenvalue weighted by Crippen LogP contribution is -2.24. The summed E-state index contributed by atoms with van der Waals surface area (Å²) < 4.78 is 25.6. The highest BCUT2D eigenvalue weighted by atomic mass is 35.5. The van der Waals surface area contributed by atoms with E-state index in [4.69, 9.17) is 11.6 Å². The Bertz CT molecular complexity index is 403. The number of halogens is 1. The van der Waals surface area contributed by atoms with Crippen LogP contribution in [0.1, 0.15) is 13.3 Å². The number of hydrogen-bond donors (Lipinski definition) is 1. The van der Waals surface area contributed by atoms with Crippen LogP contribution in [0.2, 0.25) is 5.02 Å². The highest BCUT2D eigenvalue weighted by Gasteiger charge is 2.12. The molecule has 78 valence electrons. The summed E-state index contributed by atoms with van der Waals surface area (Å²) in [5.74, 6) is 0. The Morgan fingerprint density at radius 2 is 2.14 bits per heavy atom. The molecular formula is C9H12ClNO2S. The summed E-state index contributed by atoms with van der Waals surface area (Å²) in [6.45, 7) is 2.34. The minimum Gasteiger partial charge on any atom is -0.211 e. The fourth-order valence-electron chi connectivity index (χ4n) is 0.954. The maximum atomic E-state index is 11.6. The van der Waals surface area contributed by atoms with Gasteiger partial charge in [0.25, 0.3) is 0 Å². The molecule has 0 bridgehead atoms. The van der Waals surface area contributed by atoms with E-state index in [0.29, 0.717) is 11.6 Å². The monoisotopic (exact) mass is 233 g/mol. The molecule has 1 aromatic carbocycles. The van der Waals surface area contributed by atoms with Gasteiger partial charge in [0.1, 0.15) is 0 Å². The zero-order valence-electron chi connectivity index (χ0n) is 7.83. The standard InChI is InChI=1S/C9H12ClNO2S/c1-2-6-11-14(12,13)9-5-3-4-8(10)7-9/h3-5,7,11H,2,6H2,1H3. The molecule has 1 aromatic rings. The van der Waals surface area contributed by atoms with Gasteiger partial charge in [0.05, 0.1) is 4.90 Å². The van der Waals surface area contributed by atoms with E-state index in [1.807, 2.05) is 6.92 Å². The average molecular weight is 234 g/mol. The lowest BCUT2D eigenvalue weighted by molar-refractivity contribution is 0.581. The van der Waals surface area contributed by atoms with Crippen molar-refractivity contribution in [1.29, 1.82) is 0 Å². The van der Waals surface area contributed by atoms with Crippen LogP contribution in [-0.4, -0.2) is 15.0 Å². The molecule has 0 spiro atoms. The molecule has 0 radical (unpaired) electrons. The van der Waals surface area contributed by atoms with Crippen LogP contribution in [0.3, 0.4) is 0 Å². The summed E-state index contributed by atoms with van der Waals surface area (Å²) in [6, 6.07) is 6.20. The SMILES string of the molecule is CCCNS(=O)(=O)c1cccc(Cl)c1. The molecule has 0 amide bonds. The molecule has 0 unspecified atom stereocenters. The van der Waals surface area contributed by atoms with Crippen LogP contribution in [0.15, 0.2) is 29.2 Å². The first kappa shape index (κ1) is 11.5. The Kier molecular flexibility index (Phi) is 3.92. The minimum atomic E-state index is -3.38. The molecule has 5 heteroatoms. The zero-order valence-corrected chi connectivity index (χ0v) is 9.40. The van der Waals surface area contributed by atoms with Crippen molar-refractivity contribution in [2.45, 2.75) is 18.2 Å². The van der Waals surface area contributed by atoms with Gasteiger partial charge in [-0.15, -0.1) is 0 Å². The molecule has 1 N–H and O–H groups in total. The van der Waals surface area contributed by atoms with Gasteiger partial charge in [0.15, 0.2) is 0 Å². The molecule has 0 heterocycles. The normalized spacial score (nSPS) is 11.6. The molecule has 14 heavy (non-hydrogen) atoms. The van der Waals surface area contributed by atoms with Gasteiger partial charge in [-0.05, 0) is 24.6 Å². The zero-order chi connectivity index (χ0) is 10.6. The van der Waals surface area contributed by atoms with Gasteiger partial charge in [-0.3, -0.25) is 0 Å². The van der Waals surface area contributed by atoms with Crippen molar-refractivity contribution in [3.8, 4) is 0 Å². The van der Waals surface area contributed by atoms with Crippen LogP contribution >= 0.6 is 11.6 Å². The van der Waals surface area contributed by atoms with E-state index in [1.54, 1.807) is 12.1 Å². The number of benzene rings is 1. The molecule has 0 aliphatic heterocycles. The van der Waals surface area contributed by atoms with Crippen LogP contribution in [-0.2, 0) is 10.0 Å². The van der Waals surface area contributed by atoms with Crippen molar-refractivity contribution in [2.75, 3.05) is 6.54 Å². The molecule has 0 aliphatic carbocycles. The van der Waals surface area contributed by atoms with Crippen molar-refractivity contribution in [2.24, 2.45) is 0 Å². The average Bonchev–Trinajstić information content (AvgIpc) is 2.15. The predicted molar refractivity (Wildman–Crippen MR) is 56.9 cm³/mol. The summed E-state index contributed by atoms with van der Waals surface area (Å²) in [7, 11) is -3.38. The first-order valence-electron chi connectivity index (χ1n) is 4.31. The molecule has 3 nitrogen and oxygen atoms in total. The second kappa shape index (κ2) is 4.77. The van der Waals surface area contributed by atoms with E-state index >= 15 is 0 Å². The van der Waals surface area contributed by atoms with E-state index in [9.17, 15) is 8.42 Å². The second-order valence-electron chi connectivity index (χ2n) is 2.86. The number of sulfonamides is 1. The largest absolute Gasteiger partial charge is 0.240 e. The van der Waals surface area contributed by atoms with Crippen LogP contribution < -0.4 is 4.72 Å². The Balaban J connectivity index is 2.93. The lowest BCUT2D eigenvalue weighted by Gasteiger charge is -2.05. The van der Waals surface area contributed by atoms with Crippen LogP contribution in [0.5, 0.6) is 0 Å². The van der Waals surface area contributed by atoms with Gasteiger partial charge in [-0.1, -0.05) is 24.6 Å². The third-order valence-corrected chi connectivity index (χ3v) is 3.34. The Hall–Kier alpha value is -0.580. The fraction of sp³-hybridized carbons (Fsp3) is 0.333. The van der Waals surface area contributed by atoms with Crippen LogP contribution in [0, 0.1) is 0 Å². The summed E-state index contributed by atoms with van der Waals surface area (Å²) >= 11 is 5.69. The summed E-state index contributed by atoms with van der Waals surface area (Å²) in [5.41, 5.74) is 0. The van der Waals surface area contributed by atoms with Crippen molar-refractivity contribution in [3.05, 3.63) is 29.3 Å². The van der Waals surface area contributed by atoms with Crippen molar-refractivity contribution >= 4 is 21.6 Å². The molecule has 0 aromatic heterocycles. The van der Waals surface area contributed by atoms with Gasteiger partial charge in [0, 0.05) is 11.6 Å². The molecule has 0 saturated heterocycles. The van der Waals surface area contributed by atoms with Gasteiger partial charge < -0.3 is 0 Å². The topological polar surface area (TPSA) is 46.2 Å². The van der Waals surface area contributed by atoms with Gasteiger partial charge in [-0.2, -0.15) is 0 Å². The van der Waals surface area contributed by atoms with Gasteiger partial charge >= 0.3 is 0 Å². The Morgan fingerprint density at radius 3 is 2.71 bits per heavy atom. The molecule has 0 saturated carbocycles. The summed E-state index contributed by atoms with van der Waals surface area (Å²) in [6.07, 6.45) is 0.764. The van der Waals surface area contributed by atoms with E-state index in [0.717, 1.165) is 6.42 Å². The molecular weight excluding hydrogens is 222 g/mol. The Morgan fingerprint density at radius 1 is 1.43 bits per heavy atom. The first-order valence-corrected chi connectivity index (χ1v) is 6.17. The summed E-state index contributed by atoms with van der Waals surface area (Å²) in [5, 5.41) is 0.421. The molecule has 0 fully saturated rings. The second-order valence-corrected chi connectivity index (χ2v) is 5.06. The minimum absolute atomic E-state index is 0.207. The maximum absolute atomic E-state index is 11.6. The van der Waals surface area contributed by atoms with Gasteiger partial charge in [-0.25, -0.2) is 13.1 Å². The van der Waals surface area contributed by atoms with E-state index in [1.165, 1.54) is 12.1 Å². The van der Waals surface area contributed by atoms with Crippen molar-refractivity contribution < 1.29 is 8.42 Å². The smallest absolute Gasteiger partial charge is 0.211 e. The van der Waals surface area contributed by atoms with Crippen molar-refractivity contribution in [3.63, 3.8) is 0 Å². The molecule has 1 rings (SSSR count). The Labute approximate surface area is 89.1 Å². The van der Waals surface area contributed by atoms with Gasteiger partial charge in [0.2, 0.25) is 10.0 Å². The third kappa shape index (κ3) is 2.97. The highest BCUT2D eigenvalue weighted by molar-refractivity contribution is 7.89. The molecule has 0 atom stereocenters. The number of rotatable bonds is 4. The maximum Gasteiger partial charge on any atom is 0.240 e.